The number of nitrogens with one attached hydrogen (secondary N) is 1. The smallest absolute Gasteiger partial charge is 0.216 e. The zero-order valence-electron chi connectivity index (χ0n) is 16.9. The molecule has 0 spiro atoms. The van der Waals surface area contributed by atoms with Gasteiger partial charge >= 0.3 is 0 Å². The summed E-state index contributed by atoms with van der Waals surface area (Å²) in [5.41, 5.74) is 1.96. The Hall–Kier alpha value is -3.59. The van der Waals surface area contributed by atoms with Gasteiger partial charge in [-0.05, 0) is 42.4 Å². The van der Waals surface area contributed by atoms with E-state index in [-0.39, 0.29) is 10.5 Å². The van der Waals surface area contributed by atoms with Crippen molar-refractivity contribution in [2.24, 2.45) is 5.10 Å². The number of benzene rings is 2. The van der Waals surface area contributed by atoms with E-state index in [1.165, 1.54) is 32.2 Å². The van der Waals surface area contributed by atoms with Gasteiger partial charge in [-0.1, -0.05) is 18.2 Å². The summed E-state index contributed by atoms with van der Waals surface area (Å²) >= 11 is 5.33. The minimum atomic E-state index is 0.144. The van der Waals surface area contributed by atoms with Gasteiger partial charge in [-0.3, -0.25) is 0 Å². The summed E-state index contributed by atoms with van der Waals surface area (Å²) < 4.78 is 17.9. The average Bonchev–Trinajstić information content (AvgIpc) is 3.13. The van der Waals surface area contributed by atoms with Crippen LogP contribution in [0.25, 0.3) is 11.4 Å². The van der Waals surface area contributed by atoms with Crippen LogP contribution in [0.2, 0.25) is 0 Å². The van der Waals surface area contributed by atoms with Crippen molar-refractivity contribution in [3.8, 4) is 34.4 Å². The molecule has 3 rings (SSSR count). The number of nitrogens with zero attached hydrogens (tertiary/aromatic N) is 3. The molecule has 1 aromatic heterocycles. The van der Waals surface area contributed by atoms with Crippen molar-refractivity contribution in [3.63, 3.8) is 0 Å². The van der Waals surface area contributed by atoms with Gasteiger partial charge in [-0.15, -0.1) is 6.58 Å². The van der Waals surface area contributed by atoms with Crippen LogP contribution in [-0.4, -0.2) is 47.5 Å². The summed E-state index contributed by atoms with van der Waals surface area (Å²) in [5.74, 6) is 2.01. The number of ether oxygens (including phenoxy) is 3. The lowest BCUT2D eigenvalue weighted by atomic mass is 10.1. The molecule has 0 fully saturated rings. The fourth-order valence-corrected chi connectivity index (χ4v) is 3.13. The van der Waals surface area contributed by atoms with E-state index in [4.69, 9.17) is 26.4 Å². The summed E-state index contributed by atoms with van der Waals surface area (Å²) in [5, 5.41) is 21.9. The Kier molecular flexibility index (Phi) is 6.53. The quantitative estimate of drug-likeness (QED) is 0.322. The third-order valence-corrected chi connectivity index (χ3v) is 4.66. The molecule has 0 saturated heterocycles. The molecule has 0 saturated carbocycles. The molecule has 9 heteroatoms. The lowest BCUT2D eigenvalue weighted by Gasteiger charge is -2.13. The van der Waals surface area contributed by atoms with Gasteiger partial charge in [-0.2, -0.15) is 14.9 Å². The highest BCUT2D eigenvalue weighted by molar-refractivity contribution is 7.71. The van der Waals surface area contributed by atoms with Gasteiger partial charge < -0.3 is 19.3 Å². The van der Waals surface area contributed by atoms with E-state index in [2.05, 4.69) is 21.9 Å². The van der Waals surface area contributed by atoms with Crippen molar-refractivity contribution in [3.05, 3.63) is 58.9 Å². The summed E-state index contributed by atoms with van der Waals surface area (Å²) in [6.45, 7) is 3.71. The first-order valence-corrected chi connectivity index (χ1v) is 9.38. The lowest BCUT2D eigenvalue weighted by molar-refractivity contribution is 0.324. The number of H-pyrrole nitrogens is 1. The predicted octanol–water partition coefficient (Wildman–Crippen LogP) is 3.95. The first-order valence-electron chi connectivity index (χ1n) is 8.97. The number of rotatable bonds is 8. The average molecular weight is 426 g/mol. The standard InChI is InChI=1S/C21H22N4O4S/c1-5-7-13-8-6-9-14(18(13)26)12-22-25-20(23-24-21(25)30)15-10-16(27-2)19(29-4)17(11-15)28-3/h5-6,8-12,26H,1,7H2,2-4H3,(H,24,30)/b22-12+. The molecule has 3 aromatic rings. The van der Waals surface area contributed by atoms with Crippen LogP contribution in [0.1, 0.15) is 11.1 Å². The summed E-state index contributed by atoms with van der Waals surface area (Å²) in [4.78, 5) is 0. The van der Waals surface area contributed by atoms with Crippen LogP contribution in [0.4, 0.5) is 0 Å². The summed E-state index contributed by atoms with van der Waals surface area (Å²) in [6, 6.07) is 8.93. The molecule has 0 aliphatic heterocycles. The monoisotopic (exact) mass is 426 g/mol. The Morgan fingerprint density at radius 3 is 2.50 bits per heavy atom. The van der Waals surface area contributed by atoms with Gasteiger partial charge in [-0.25, -0.2) is 5.10 Å². The molecule has 0 bridgehead atoms. The Bertz CT molecular complexity index is 1130. The van der Waals surface area contributed by atoms with Crippen LogP contribution >= 0.6 is 12.2 Å². The number of aromatic amines is 1. The zero-order chi connectivity index (χ0) is 21.7. The maximum absolute atomic E-state index is 10.5. The van der Waals surface area contributed by atoms with Crippen molar-refractivity contribution in [2.45, 2.75) is 6.42 Å². The summed E-state index contributed by atoms with van der Waals surface area (Å²) in [7, 11) is 4.61. The Morgan fingerprint density at radius 2 is 1.90 bits per heavy atom. The Balaban J connectivity index is 2.07. The molecule has 0 unspecified atom stereocenters. The molecular weight excluding hydrogens is 404 g/mol. The first kappa shape index (κ1) is 21.1. The number of methoxy groups -OCH3 is 3. The SMILES string of the molecule is C=CCc1cccc(/C=N/n2c(-c3cc(OC)c(OC)c(OC)c3)n[nH]c2=S)c1O. The fraction of sp³-hybridized carbons (Fsp3) is 0.190. The number of aromatic hydroxyl groups is 1. The highest BCUT2D eigenvalue weighted by atomic mass is 32.1. The predicted molar refractivity (Wildman–Crippen MR) is 118 cm³/mol. The Labute approximate surface area is 179 Å². The van der Waals surface area contributed by atoms with Gasteiger partial charge in [0, 0.05) is 11.1 Å². The minimum Gasteiger partial charge on any atom is -0.507 e. The maximum Gasteiger partial charge on any atom is 0.216 e. The second-order valence-corrected chi connectivity index (χ2v) is 6.56. The van der Waals surface area contributed by atoms with Crippen LogP contribution in [-0.2, 0) is 6.42 Å². The van der Waals surface area contributed by atoms with Crippen molar-refractivity contribution >= 4 is 18.4 Å². The number of aromatic nitrogens is 3. The van der Waals surface area contributed by atoms with Gasteiger partial charge in [0.1, 0.15) is 5.75 Å². The largest absolute Gasteiger partial charge is 0.507 e. The molecule has 0 aliphatic carbocycles. The fourth-order valence-electron chi connectivity index (χ4n) is 2.95. The van der Waals surface area contributed by atoms with Crippen molar-refractivity contribution in [1.29, 1.82) is 0 Å². The maximum atomic E-state index is 10.5. The van der Waals surface area contributed by atoms with Crippen LogP contribution in [0.15, 0.2) is 48.1 Å². The highest BCUT2D eigenvalue weighted by Crippen LogP contribution is 2.40. The molecule has 0 aliphatic rings. The molecule has 2 aromatic carbocycles. The number of allylic oxidation sites excluding steroid dienone is 1. The molecule has 8 nitrogen and oxygen atoms in total. The van der Waals surface area contributed by atoms with Crippen LogP contribution in [0.5, 0.6) is 23.0 Å². The van der Waals surface area contributed by atoms with Gasteiger partial charge in [0.05, 0.1) is 27.5 Å². The van der Waals surface area contributed by atoms with E-state index in [0.29, 0.717) is 40.6 Å². The van der Waals surface area contributed by atoms with E-state index in [1.807, 2.05) is 12.1 Å². The number of hydrogen-bond acceptors (Lipinski definition) is 7. The van der Waals surface area contributed by atoms with Gasteiger partial charge in [0.15, 0.2) is 17.3 Å². The molecule has 2 N–H and O–H groups in total. The Morgan fingerprint density at radius 1 is 1.20 bits per heavy atom. The third-order valence-electron chi connectivity index (χ3n) is 4.40. The van der Waals surface area contributed by atoms with Gasteiger partial charge in [0.25, 0.3) is 0 Å². The molecule has 30 heavy (non-hydrogen) atoms. The van der Waals surface area contributed by atoms with Crippen molar-refractivity contribution < 1.29 is 19.3 Å². The highest BCUT2D eigenvalue weighted by Gasteiger charge is 2.17. The van der Waals surface area contributed by atoms with E-state index in [1.54, 1.807) is 24.3 Å². The summed E-state index contributed by atoms with van der Waals surface area (Å²) in [6.07, 6.45) is 3.80. The minimum absolute atomic E-state index is 0.144. The van der Waals surface area contributed by atoms with Crippen LogP contribution in [0, 0.1) is 4.77 Å². The lowest BCUT2D eigenvalue weighted by Crippen LogP contribution is -1.99. The normalized spacial score (nSPS) is 10.9. The van der Waals surface area contributed by atoms with Crippen LogP contribution < -0.4 is 14.2 Å². The van der Waals surface area contributed by atoms with Crippen LogP contribution in [0.3, 0.4) is 0 Å². The first-order chi connectivity index (χ1) is 14.5. The zero-order valence-corrected chi connectivity index (χ0v) is 17.7. The number of hydrogen-bond donors (Lipinski definition) is 2. The molecule has 0 amide bonds. The number of phenols is 1. The molecule has 0 radical (unpaired) electrons. The van der Waals surface area contributed by atoms with E-state index in [0.717, 1.165) is 5.56 Å². The third kappa shape index (κ3) is 4.06. The van der Waals surface area contributed by atoms with Gasteiger partial charge in [0.2, 0.25) is 10.5 Å². The topological polar surface area (TPSA) is 93.9 Å². The van der Waals surface area contributed by atoms with E-state index < -0.39 is 0 Å². The molecule has 1 heterocycles. The molecular formula is C21H22N4O4S. The number of para-hydroxylation sites is 1. The van der Waals surface area contributed by atoms with E-state index in [9.17, 15) is 5.11 Å². The second-order valence-electron chi connectivity index (χ2n) is 6.17. The molecule has 156 valence electrons. The van der Waals surface area contributed by atoms with E-state index >= 15 is 0 Å². The number of phenolic OH excluding ortho intramolecular Hbond substituents is 1. The second kappa shape index (κ2) is 9.27. The molecule has 0 atom stereocenters. The van der Waals surface area contributed by atoms with Crippen molar-refractivity contribution in [2.75, 3.05) is 21.3 Å². The van der Waals surface area contributed by atoms with Crippen molar-refractivity contribution in [1.82, 2.24) is 14.9 Å².